The Hall–Kier alpha value is -2.65. The summed E-state index contributed by atoms with van der Waals surface area (Å²) >= 11 is 1.43. The number of hydrogen-bond donors (Lipinski definition) is 1. The van der Waals surface area contributed by atoms with Gasteiger partial charge in [0.05, 0.1) is 16.7 Å². The molecule has 5 nitrogen and oxygen atoms in total. The maximum absolute atomic E-state index is 12.3. The second-order valence-electron chi connectivity index (χ2n) is 4.84. The molecule has 0 radical (unpaired) electrons. The van der Waals surface area contributed by atoms with E-state index in [1.807, 2.05) is 13.0 Å². The first kappa shape index (κ1) is 15.3. The van der Waals surface area contributed by atoms with E-state index in [0.29, 0.717) is 27.6 Å². The number of aromatic nitrogens is 4. The van der Waals surface area contributed by atoms with Gasteiger partial charge in [-0.2, -0.15) is 0 Å². The number of thioether (sulfide) groups is 1. The fourth-order valence-corrected chi connectivity index (χ4v) is 2.89. The van der Waals surface area contributed by atoms with Gasteiger partial charge in [-0.25, -0.2) is 15.0 Å². The van der Waals surface area contributed by atoms with Crippen LogP contribution in [0, 0.1) is 18.8 Å². The monoisotopic (exact) mass is 322 g/mol. The van der Waals surface area contributed by atoms with Gasteiger partial charge in [0.25, 0.3) is 5.56 Å². The van der Waals surface area contributed by atoms with Crippen LogP contribution in [0.2, 0.25) is 0 Å². The minimum Gasteiger partial charge on any atom is -0.309 e. The molecule has 2 heterocycles. The number of nitrogens with zero attached hydrogens (tertiary/aromatic N) is 3. The van der Waals surface area contributed by atoms with E-state index in [2.05, 4.69) is 31.8 Å². The molecule has 2 aromatic heterocycles. The molecule has 1 N–H and O–H groups in total. The summed E-state index contributed by atoms with van der Waals surface area (Å²) in [5, 5.41) is 1.23. The zero-order chi connectivity index (χ0) is 16.2. The van der Waals surface area contributed by atoms with Crippen molar-refractivity contribution < 1.29 is 0 Å². The lowest BCUT2D eigenvalue weighted by molar-refractivity contribution is 0.958. The van der Waals surface area contributed by atoms with Gasteiger partial charge in [-0.05, 0) is 37.6 Å². The topological polar surface area (TPSA) is 71.5 Å². The number of rotatable bonds is 3. The van der Waals surface area contributed by atoms with Gasteiger partial charge in [-0.15, -0.1) is 5.92 Å². The second-order valence-corrected chi connectivity index (χ2v) is 5.78. The first-order valence-corrected chi connectivity index (χ1v) is 8.02. The third kappa shape index (κ3) is 3.25. The first-order valence-electron chi connectivity index (χ1n) is 7.04. The summed E-state index contributed by atoms with van der Waals surface area (Å²) in [5.41, 5.74) is 2.37. The molecule has 114 valence electrons. The summed E-state index contributed by atoms with van der Waals surface area (Å²) in [6, 6.07) is 5.39. The fraction of sp³-hybridized carbons (Fsp3) is 0.176. The van der Waals surface area contributed by atoms with Crippen molar-refractivity contribution in [3.05, 3.63) is 57.9 Å². The van der Waals surface area contributed by atoms with E-state index in [0.717, 1.165) is 11.1 Å². The highest BCUT2D eigenvalue weighted by molar-refractivity contribution is 7.98. The highest BCUT2D eigenvalue weighted by Crippen LogP contribution is 2.20. The summed E-state index contributed by atoms with van der Waals surface area (Å²) in [6.45, 7) is 3.72. The van der Waals surface area contributed by atoms with Gasteiger partial charge in [-0.1, -0.05) is 17.7 Å². The molecule has 0 aliphatic carbocycles. The molecular formula is C17H14N4OS. The van der Waals surface area contributed by atoms with Gasteiger partial charge >= 0.3 is 0 Å². The fourth-order valence-electron chi connectivity index (χ4n) is 2.22. The highest BCUT2D eigenvalue weighted by Gasteiger charge is 2.09. The molecule has 3 aromatic rings. The van der Waals surface area contributed by atoms with Crippen molar-refractivity contribution in [1.82, 2.24) is 19.9 Å². The number of aryl methyl sites for hydroxylation is 1. The van der Waals surface area contributed by atoms with Gasteiger partial charge < -0.3 is 4.98 Å². The minimum atomic E-state index is -0.140. The summed E-state index contributed by atoms with van der Waals surface area (Å²) in [6.07, 6.45) is 3.37. The van der Waals surface area contributed by atoms with E-state index in [1.54, 1.807) is 31.5 Å². The number of benzene rings is 1. The zero-order valence-corrected chi connectivity index (χ0v) is 13.6. The highest BCUT2D eigenvalue weighted by atomic mass is 32.2. The molecule has 0 fully saturated rings. The second kappa shape index (κ2) is 6.63. The number of fused-ring (bicyclic) bond motifs is 1. The van der Waals surface area contributed by atoms with Crippen molar-refractivity contribution in [2.45, 2.75) is 24.8 Å². The molecule has 0 atom stereocenters. The Morgan fingerprint density at radius 3 is 2.78 bits per heavy atom. The van der Waals surface area contributed by atoms with Crippen LogP contribution in [0.3, 0.4) is 0 Å². The Morgan fingerprint density at radius 1 is 1.26 bits per heavy atom. The summed E-state index contributed by atoms with van der Waals surface area (Å²) in [4.78, 5) is 28.0. The Labute approximate surface area is 137 Å². The molecule has 0 saturated carbocycles. The third-order valence-corrected chi connectivity index (χ3v) is 4.21. The number of hydrogen-bond acceptors (Lipinski definition) is 5. The van der Waals surface area contributed by atoms with Crippen molar-refractivity contribution in [2.75, 3.05) is 0 Å². The smallest absolute Gasteiger partial charge is 0.258 e. The van der Waals surface area contributed by atoms with Crippen LogP contribution < -0.4 is 5.56 Å². The predicted molar refractivity (Wildman–Crippen MR) is 91.2 cm³/mol. The van der Waals surface area contributed by atoms with Gasteiger partial charge in [-0.3, -0.25) is 4.79 Å². The first-order chi connectivity index (χ1) is 11.2. The summed E-state index contributed by atoms with van der Waals surface area (Å²) < 4.78 is 0. The van der Waals surface area contributed by atoms with E-state index < -0.39 is 0 Å². The van der Waals surface area contributed by atoms with Crippen molar-refractivity contribution in [3.63, 3.8) is 0 Å². The maximum atomic E-state index is 12.3. The summed E-state index contributed by atoms with van der Waals surface area (Å²) in [7, 11) is 0. The molecule has 23 heavy (non-hydrogen) atoms. The van der Waals surface area contributed by atoms with Crippen LogP contribution in [-0.4, -0.2) is 19.9 Å². The molecule has 0 aliphatic rings. The van der Waals surface area contributed by atoms with E-state index in [1.165, 1.54) is 11.8 Å². The average Bonchev–Trinajstić information content (AvgIpc) is 2.57. The Kier molecular flexibility index (Phi) is 4.40. The van der Waals surface area contributed by atoms with Crippen LogP contribution >= 0.6 is 11.8 Å². The maximum Gasteiger partial charge on any atom is 0.258 e. The number of H-pyrrole nitrogens is 1. The van der Waals surface area contributed by atoms with Crippen LogP contribution in [0.5, 0.6) is 0 Å². The van der Waals surface area contributed by atoms with Crippen LogP contribution in [0.1, 0.15) is 23.9 Å². The van der Waals surface area contributed by atoms with Crippen molar-refractivity contribution in [2.24, 2.45) is 0 Å². The summed E-state index contributed by atoms with van der Waals surface area (Å²) in [5.74, 6) is 7.02. The lowest BCUT2D eigenvalue weighted by Crippen LogP contribution is -2.12. The predicted octanol–water partition coefficient (Wildman–Crippen LogP) is 2.69. The Balaban J connectivity index is 2.00. The van der Waals surface area contributed by atoms with Crippen molar-refractivity contribution in [1.29, 1.82) is 0 Å². The molecular weight excluding hydrogens is 308 g/mol. The van der Waals surface area contributed by atoms with Crippen molar-refractivity contribution >= 4 is 22.7 Å². The van der Waals surface area contributed by atoms with Gasteiger partial charge in [0.15, 0.2) is 5.16 Å². The molecule has 0 bridgehead atoms. The van der Waals surface area contributed by atoms with Crippen LogP contribution in [0.4, 0.5) is 0 Å². The van der Waals surface area contributed by atoms with E-state index >= 15 is 0 Å². The molecule has 0 saturated heterocycles. The number of nitrogens with one attached hydrogen (secondary N) is 1. The molecule has 0 spiro atoms. The van der Waals surface area contributed by atoms with E-state index in [-0.39, 0.29) is 5.56 Å². The largest absolute Gasteiger partial charge is 0.309 e. The van der Waals surface area contributed by atoms with Crippen LogP contribution in [0.25, 0.3) is 10.9 Å². The van der Waals surface area contributed by atoms with Gasteiger partial charge in [0, 0.05) is 18.0 Å². The number of aromatic amines is 1. The quantitative estimate of drug-likeness (QED) is 0.456. The van der Waals surface area contributed by atoms with Gasteiger partial charge in [0.2, 0.25) is 0 Å². The standard InChI is InChI=1S/C17H14N4OS/c1-3-5-12-6-7-13-15(11(12)2)20-14(21-16(13)22)10-23-17-18-8-4-9-19-17/h4,6-9H,10H2,1-2H3,(H,20,21,22). The van der Waals surface area contributed by atoms with Crippen molar-refractivity contribution in [3.8, 4) is 11.8 Å². The minimum absolute atomic E-state index is 0.140. The Bertz CT molecular complexity index is 971. The normalized spacial score (nSPS) is 10.3. The van der Waals surface area contributed by atoms with Crippen LogP contribution in [0.15, 0.2) is 40.5 Å². The van der Waals surface area contributed by atoms with E-state index in [9.17, 15) is 4.79 Å². The molecule has 0 unspecified atom stereocenters. The third-order valence-electron chi connectivity index (χ3n) is 3.32. The lowest BCUT2D eigenvalue weighted by atomic mass is 10.1. The SMILES string of the molecule is CC#Cc1ccc2c(=O)[nH]c(CSc3ncccn3)nc2c1C. The molecule has 0 amide bonds. The van der Waals surface area contributed by atoms with Gasteiger partial charge in [0.1, 0.15) is 5.82 Å². The molecule has 6 heteroatoms. The Morgan fingerprint density at radius 2 is 2.04 bits per heavy atom. The average molecular weight is 322 g/mol. The molecule has 3 rings (SSSR count). The van der Waals surface area contributed by atoms with Crippen LogP contribution in [-0.2, 0) is 5.75 Å². The molecule has 0 aliphatic heterocycles. The zero-order valence-electron chi connectivity index (χ0n) is 12.8. The lowest BCUT2D eigenvalue weighted by Gasteiger charge is -2.06. The molecule has 1 aromatic carbocycles. The van der Waals surface area contributed by atoms with E-state index in [4.69, 9.17) is 0 Å².